The van der Waals surface area contributed by atoms with Crippen LogP contribution in [0.25, 0.3) is 11.3 Å². The largest absolute Gasteiger partial charge is 0.451 e. The van der Waals surface area contributed by atoms with Gasteiger partial charge in [0.1, 0.15) is 5.76 Å². The second kappa shape index (κ2) is 5.84. The summed E-state index contributed by atoms with van der Waals surface area (Å²) in [6, 6.07) is 3.51. The molecule has 0 fully saturated rings. The van der Waals surface area contributed by atoms with Gasteiger partial charge in [-0.2, -0.15) is 11.3 Å². The molecule has 2 rings (SSSR count). The van der Waals surface area contributed by atoms with Crippen LogP contribution < -0.4 is 5.32 Å². The van der Waals surface area contributed by atoms with Gasteiger partial charge in [0.25, 0.3) is 5.91 Å². The lowest BCUT2D eigenvalue weighted by Gasteiger charge is -2.01. The van der Waals surface area contributed by atoms with Crippen LogP contribution in [0.2, 0.25) is 0 Å². The molecule has 0 aliphatic carbocycles. The van der Waals surface area contributed by atoms with Crippen molar-refractivity contribution < 1.29 is 13.9 Å². The van der Waals surface area contributed by atoms with Crippen molar-refractivity contribution in [2.45, 2.75) is 6.92 Å². The lowest BCUT2D eigenvalue weighted by Crippen LogP contribution is -2.26. The first-order valence-corrected chi connectivity index (χ1v) is 6.57. The number of carbonyl (C=O) groups is 1. The highest BCUT2D eigenvalue weighted by Crippen LogP contribution is 2.28. The van der Waals surface area contributed by atoms with Crippen LogP contribution in [-0.4, -0.2) is 26.2 Å². The van der Waals surface area contributed by atoms with E-state index in [2.05, 4.69) is 10.7 Å². The first-order valence-electron chi connectivity index (χ1n) is 5.62. The van der Waals surface area contributed by atoms with Gasteiger partial charge in [-0.25, -0.2) is 0 Å². The number of aryl methyl sites for hydroxylation is 1. The van der Waals surface area contributed by atoms with Gasteiger partial charge in [0, 0.05) is 24.6 Å². The molecule has 2 heterocycles. The van der Waals surface area contributed by atoms with Crippen LogP contribution in [0, 0.1) is 6.92 Å². The number of ether oxygens (including phenoxy) is 1. The number of furan rings is 1. The molecule has 0 radical (unpaired) electrons. The highest BCUT2D eigenvalue weighted by Gasteiger charge is 2.13. The van der Waals surface area contributed by atoms with Gasteiger partial charge >= 0.3 is 0 Å². The monoisotopic (exact) mass is 265 g/mol. The van der Waals surface area contributed by atoms with Crippen LogP contribution in [0.4, 0.5) is 0 Å². The van der Waals surface area contributed by atoms with Crippen molar-refractivity contribution in [2.24, 2.45) is 0 Å². The highest BCUT2D eigenvalue weighted by molar-refractivity contribution is 7.08. The summed E-state index contributed by atoms with van der Waals surface area (Å²) >= 11 is 1.62. The normalized spacial score (nSPS) is 10.6. The Balaban J connectivity index is 2.06. The molecular formula is C13H15NO3S. The van der Waals surface area contributed by atoms with Gasteiger partial charge in [0.15, 0.2) is 5.76 Å². The van der Waals surface area contributed by atoms with Gasteiger partial charge in [-0.1, -0.05) is 0 Å². The molecule has 2 aromatic rings. The van der Waals surface area contributed by atoms with Gasteiger partial charge in [-0.3, -0.25) is 4.79 Å². The molecule has 4 nitrogen and oxygen atoms in total. The first kappa shape index (κ1) is 12.9. The molecule has 1 N–H and O–H groups in total. The van der Waals surface area contributed by atoms with E-state index in [1.54, 1.807) is 24.5 Å². The number of hydrogen-bond acceptors (Lipinski definition) is 4. The maximum Gasteiger partial charge on any atom is 0.287 e. The molecule has 96 valence electrons. The summed E-state index contributed by atoms with van der Waals surface area (Å²) in [6.45, 7) is 2.98. The van der Waals surface area contributed by atoms with Crippen LogP contribution in [0.15, 0.2) is 27.3 Å². The van der Waals surface area contributed by atoms with E-state index in [1.165, 1.54) is 0 Å². The van der Waals surface area contributed by atoms with E-state index in [0.717, 1.165) is 16.9 Å². The lowest BCUT2D eigenvalue weighted by atomic mass is 10.2. The van der Waals surface area contributed by atoms with Crippen LogP contribution >= 0.6 is 11.3 Å². The fourth-order valence-corrected chi connectivity index (χ4v) is 2.41. The first-order chi connectivity index (χ1) is 8.72. The van der Waals surface area contributed by atoms with E-state index in [-0.39, 0.29) is 5.91 Å². The number of hydrogen-bond donors (Lipinski definition) is 1. The quantitative estimate of drug-likeness (QED) is 0.846. The average molecular weight is 265 g/mol. The number of rotatable bonds is 5. The maximum absolute atomic E-state index is 11.7. The molecule has 0 atom stereocenters. The average Bonchev–Trinajstić information content (AvgIpc) is 2.97. The minimum Gasteiger partial charge on any atom is -0.451 e. The summed E-state index contributed by atoms with van der Waals surface area (Å²) in [5.41, 5.74) is 2.19. The summed E-state index contributed by atoms with van der Waals surface area (Å²) in [5, 5.41) is 6.78. The van der Waals surface area contributed by atoms with Gasteiger partial charge in [0.05, 0.1) is 6.61 Å². The van der Waals surface area contributed by atoms with E-state index in [9.17, 15) is 4.79 Å². The summed E-state index contributed by atoms with van der Waals surface area (Å²) in [4.78, 5) is 11.7. The van der Waals surface area contributed by atoms with Gasteiger partial charge in [-0.05, 0) is 30.0 Å². The van der Waals surface area contributed by atoms with E-state index in [0.29, 0.717) is 18.9 Å². The standard InChI is InChI=1S/C13H15NO3S/c1-9-7-18-8-10(9)11-3-4-12(17-11)13(15)14-5-6-16-2/h3-4,7-8H,5-6H2,1-2H3,(H,14,15). The van der Waals surface area contributed by atoms with Crippen LogP contribution in [-0.2, 0) is 4.74 Å². The van der Waals surface area contributed by atoms with Gasteiger partial charge in [0.2, 0.25) is 0 Å². The van der Waals surface area contributed by atoms with Gasteiger partial charge < -0.3 is 14.5 Å². The predicted octanol–water partition coefficient (Wildman–Crippen LogP) is 2.69. The predicted molar refractivity (Wildman–Crippen MR) is 71.0 cm³/mol. The Kier molecular flexibility index (Phi) is 4.17. The van der Waals surface area contributed by atoms with Crippen molar-refractivity contribution in [1.82, 2.24) is 5.32 Å². The third-order valence-electron chi connectivity index (χ3n) is 2.54. The maximum atomic E-state index is 11.7. The van der Waals surface area contributed by atoms with E-state index in [1.807, 2.05) is 18.4 Å². The summed E-state index contributed by atoms with van der Waals surface area (Å²) in [7, 11) is 1.59. The van der Waals surface area contributed by atoms with E-state index in [4.69, 9.17) is 9.15 Å². The topological polar surface area (TPSA) is 51.5 Å². The second-order valence-electron chi connectivity index (χ2n) is 3.88. The zero-order chi connectivity index (χ0) is 13.0. The number of thiophene rings is 1. The molecule has 0 aliphatic rings. The SMILES string of the molecule is COCCNC(=O)c1ccc(-c2cscc2C)o1. The van der Waals surface area contributed by atoms with Crippen molar-refractivity contribution in [3.05, 3.63) is 34.2 Å². The number of nitrogens with one attached hydrogen (secondary N) is 1. The van der Waals surface area contributed by atoms with Crippen LogP contribution in [0.5, 0.6) is 0 Å². The van der Waals surface area contributed by atoms with Crippen molar-refractivity contribution in [1.29, 1.82) is 0 Å². The van der Waals surface area contributed by atoms with Crippen molar-refractivity contribution >= 4 is 17.2 Å². The number of methoxy groups -OCH3 is 1. The van der Waals surface area contributed by atoms with Crippen molar-refractivity contribution in [2.75, 3.05) is 20.3 Å². The third-order valence-corrected chi connectivity index (χ3v) is 3.40. The fraction of sp³-hybridized carbons (Fsp3) is 0.308. The number of amides is 1. The molecule has 5 heteroatoms. The molecule has 2 aromatic heterocycles. The molecule has 0 saturated heterocycles. The molecular weight excluding hydrogens is 250 g/mol. The Hall–Kier alpha value is -1.59. The second-order valence-corrected chi connectivity index (χ2v) is 4.62. The minimum absolute atomic E-state index is 0.216. The zero-order valence-electron chi connectivity index (χ0n) is 10.4. The minimum atomic E-state index is -0.216. The van der Waals surface area contributed by atoms with E-state index < -0.39 is 0 Å². The highest BCUT2D eigenvalue weighted by atomic mass is 32.1. The fourth-order valence-electron chi connectivity index (χ4n) is 1.57. The molecule has 18 heavy (non-hydrogen) atoms. The molecule has 0 spiro atoms. The molecule has 0 unspecified atom stereocenters. The van der Waals surface area contributed by atoms with Crippen molar-refractivity contribution in [3.63, 3.8) is 0 Å². The Morgan fingerprint density at radius 2 is 2.28 bits per heavy atom. The summed E-state index contributed by atoms with van der Waals surface area (Å²) in [6.07, 6.45) is 0. The molecule has 0 aromatic carbocycles. The molecule has 0 bridgehead atoms. The van der Waals surface area contributed by atoms with Crippen LogP contribution in [0.3, 0.4) is 0 Å². The van der Waals surface area contributed by atoms with E-state index >= 15 is 0 Å². The molecule has 0 aliphatic heterocycles. The van der Waals surface area contributed by atoms with Crippen LogP contribution in [0.1, 0.15) is 16.1 Å². The summed E-state index contributed by atoms with van der Waals surface area (Å²) < 4.78 is 10.4. The van der Waals surface area contributed by atoms with Gasteiger partial charge in [-0.15, -0.1) is 0 Å². The number of carbonyl (C=O) groups excluding carboxylic acids is 1. The summed E-state index contributed by atoms with van der Waals surface area (Å²) in [5.74, 6) is 0.837. The Labute approximate surface area is 110 Å². The Morgan fingerprint density at radius 1 is 1.44 bits per heavy atom. The smallest absolute Gasteiger partial charge is 0.287 e. The third kappa shape index (κ3) is 2.80. The lowest BCUT2D eigenvalue weighted by molar-refractivity contribution is 0.0910. The molecule has 0 saturated carbocycles. The molecule has 1 amide bonds. The zero-order valence-corrected chi connectivity index (χ0v) is 11.2. The Morgan fingerprint density at radius 3 is 2.94 bits per heavy atom. The Bertz CT molecular complexity index is 530. The van der Waals surface area contributed by atoms with Crippen molar-refractivity contribution in [3.8, 4) is 11.3 Å².